The second-order valence-electron chi connectivity index (χ2n) is 5.51. The molecule has 0 aliphatic carbocycles. The molecule has 0 radical (unpaired) electrons. The van der Waals surface area contributed by atoms with Gasteiger partial charge in [-0.3, -0.25) is 19.9 Å². The topological polar surface area (TPSA) is 75.6 Å². The standard InChI is InChI=1S/C15H24N4O2/c1-3-18(4-2)13-8-9-17(11-13)10-12-6-5-7-14(15(12)16)19(20)21/h5-7,13H,3-4,8-11,16H2,1-2H3. The number of anilines is 1. The summed E-state index contributed by atoms with van der Waals surface area (Å²) in [4.78, 5) is 15.3. The zero-order valence-electron chi connectivity index (χ0n) is 12.8. The number of hydrogen-bond donors (Lipinski definition) is 1. The Morgan fingerprint density at radius 1 is 1.43 bits per heavy atom. The van der Waals surface area contributed by atoms with E-state index < -0.39 is 4.92 Å². The number of nitro benzene ring substituents is 1. The van der Waals surface area contributed by atoms with Crippen molar-refractivity contribution in [2.75, 3.05) is 31.9 Å². The number of likely N-dealkylation sites (N-methyl/N-ethyl adjacent to an activating group) is 1. The Hall–Kier alpha value is -1.66. The first-order chi connectivity index (χ1) is 10.1. The van der Waals surface area contributed by atoms with E-state index in [2.05, 4.69) is 23.6 Å². The van der Waals surface area contributed by atoms with Crippen LogP contribution >= 0.6 is 0 Å². The largest absolute Gasteiger partial charge is 0.393 e. The van der Waals surface area contributed by atoms with Crippen molar-refractivity contribution in [3.05, 3.63) is 33.9 Å². The first-order valence-electron chi connectivity index (χ1n) is 7.55. The van der Waals surface area contributed by atoms with Crippen LogP contribution in [0, 0.1) is 10.1 Å². The van der Waals surface area contributed by atoms with Crippen molar-refractivity contribution >= 4 is 11.4 Å². The van der Waals surface area contributed by atoms with Crippen molar-refractivity contribution < 1.29 is 4.92 Å². The van der Waals surface area contributed by atoms with Crippen LogP contribution in [0.2, 0.25) is 0 Å². The monoisotopic (exact) mass is 292 g/mol. The van der Waals surface area contributed by atoms with E-state index in [1.54, 1.807) is 6.07 Å². The van der Waals surface area contributed by atoms with Gasteiger partial charge in [-0.05, 0) is 25.1 Å². The fraction of sp³-hybridized carbons (Fsp3) is 0.600. The first-order valence-corrected chi connectivity index (χ1v) is 7.55. The smallest absolute Gasteiger partial charge is 0.292 e. The molecule has 2 N–H and O–H groups in total. The highest BCUT2D eigenvalue weighted by atomic mass is 16.6. The Labute approximate surface area is 125 Å². The number of rotatable bonds is 6. The summed E-state index contributed by atoms with van der Waals surface area (Å²) in [5, 5.41) is 10.9. The van der Waals surface area contributed by atoms with Gasteiger partial charge < -0.3 is 5.73 Å². The lowest BCUT2D eigenvalue weighted by molar-refractivity contribution is -0.384. The van der Waals surface area contributed by atoms with Crippen LogP contribution in [0.1, 0.15) is 25.8 Å². The number of hydrogen-bond acceptors (Lipinski definition) is 5. The molecule has 1 aromatic rings. The molecular formula is C15H24N4O2. The quantitative estimate of drug-likeness (QED) is 0.493. The summed E-state index contributed by atoms with van der Waals surface area (Å²) < 4.78 is 0. The molecule has 1 unspecified atom stereocenters. The fourth-order valence-electron chi connectivity index (χ4n) is 3.13. The number of nitrogens with two attached hydrogens (primary N) is 1. The van der Waals surface area contributed by atoms with Gasteiger partial charge in [0.1, 0.15) is 5.69 Å². The maximum absolute atomic E-state index is 10.9. The van der Waals surface area contributed by atoms with Gasteiger partial charge in [-0.2, -0.15) is 0 Å². The van der Waals surface area contributed by atoms with Gasteiger partial charge in [0.2, 0.25) is 0 Å². The van der Waals surface area contributed by atoms with Crippen molar-refractivity contribution in [2.45, 2.75) is 32.9 Å². The number of para-hydroxylation sites is 1. The van der Waals surface area contributed by atoms with Crippen LogP contribution in [-0.4, -0.2) is 46.9 Å². The van der Waals surface area contributed by atoms with Crippen molar-refractivity contribution in [3.63, 3.8) is 0 Å². The van der Waals surface area contributed by atoms with E-state index >= 15 is 0 Å². The predicted octanol–water partition coefficient (Wildman–Crippen LogP) is 2.09. The number of nitrogens with zero attached hydrogens (tertiary/aromatic N) is 3. The van der Waals surface area contributed by atoms with E-state index in [9.17, 15) is 10.1 Å². The summed E-state index contributed by atoms with van der Waals surface area (Å²) in [7, 11) is 0. The van der Waals surface area contributed by atoms with Crippen LogP contribution in [0.3, 0.4) is 0 Å². The lowest BCUT2D eigenvalue weighted by Gasteiger charge is -2.26. The van der Waals surface area contributed by atoms with Crippen molar-refractivity contribution in [1.82, 2.24) is 9.80 Å². The fourth-order valence-corrected chi connectivity index (χ4v) is 3.13. The van der Waals surface area contributed by atoms with Crippen LogP contribution in [0.25, 0.3) is 0 Å². The molecule has 0 aromatic heterocycles. The molecule has 2 rings (SSSR count). The van der Waals surface area contributed by atoms with Gasteiger partial charge >= 0.3 is 0 Å². The highest BCUT2D eigenvalue weighted by Crippen LogP contribution is 2.27. The highest BCUT2D eigenvalue weighted by Gasteiger charge is 2.27. The van der Waals surface area contributed by atoms with Gasteiger partial charge in [-0.15, -0.1) is 0 Å². The Morgan fingerprint density at radius 3 is 2.76 bits per heavy atom. The van der Waals surface area contributed by atoms with E-state index in [0.717, 1.165) is 38.2 Å². The minimum absolute atomic E-state index is 0.00647. The van der Waals surface area contributed by atoms with Crippen molar-refractivity contribution in [3.8, 4) is 0 Å². The number of nitro groups is 1. The Morgan fingerprint density at radius 2 is 2.14 bits per heavy atom. The molecule has 1 aliphatic heterocycles. The minimum Gasteiger partial charge on any atom is -0.393 e. The second kappa shape index (κ2) is 6.87. The van der Waals surface area contributed by atoms with Gasteiger partial charge in [-0.1, -0.05) is 26.0 Å². The minimum atomic E-state index is -0.415. The molecule has 1 atom stereocenters. The highest BCUT2D eigenvalue weighted by molar-refractivity contribution is 5.62. The van der Waals surface area contributed by atoms with Crippen LogP contribution in [0.15, 0.2) is 18.2 Å². The maximum Gasteiger partial charge on any atom is 0.292 e. The summed E-state index contributed by atoms with van der Waals surface area (Å²) in [6.07, 6.45) is 1.15. The van der Waals surface area contributed by atoms with Crippen LogP contribution in [0.4, 0.5) is 11.4 Å². The molecule has 1 heterocycles. The molecule has 0 bridgehead atoms. The van der Waals surface area contributed by atoms with E-state index in [-0.39, 0.29) is 5.69 Å². The first kappa shape index (κ1) is 15.7. The predicted molar refractivity (Wildman–Crippen MR) is 84.1 cm³/mol. The summed E-state index contributed by atoms with van der Waals surface area (Å²) in [6, 6.07) is 5.64. The average molecular weight is 292 g/mol. The molecule has 1 aromatic carbocycles. The Balaban J connectivity index is 2.04. The molecule has 21 heavy (non-hydrogen) atoms. The van der Waals surface area contributed by atoms with E-state index in [1.165, 1.54) is 6.07 Å². The van der Waals surface area contributed by atoms with E-state index in [1.807, 2.05) is 6.07 Å². The third kappa shape index (κ3) is 3.51. The Kier molecular flexibility index (Phi) is 5.14. The summed E-state index contributed by atoms with van der Waals surface area (Å²) in [5.74, 6) is 0. The second-order valence-corrected chi connectivity index (χ2v) is 5.51. The summed E-state index contributed by atoms with van der Waals surface area (Å²) in [5.41, 5.74) is 7.09. The maximum atomic E-state index is 10.9. The number of nitrogen functional groups attached to an aromatic ring is 1. The van der Waals surface area contributed by atoms with E-state index in [4.69, 9.17) is 5.73 Å². The lowest BCUT2D eigenvalue weighted by atomic mass is 10.1. The molecule has 6 nitrogen and oxygen atoms in total. The van der Waals surface area contributed by atoms with Crippen molar-refractivity contribution in [1.29, 1.82) is 0 Å². The van der Waals surface area contributed by atoms with Crippen LogP contribution in [-0.2, 0) is 6.54 Å². The molecule has 1 aliphatic rings. The summed E-state index contributed by atoms with van der Waals surface area (Å²) >= 11 is 0. The zero-order valence-corrected chi connectivity index (χ0v) is 12.8. The molecule has 0 spiro atoms. The van der Waals surface area contributed by atoms with Crippen LogP contribution in [0.5, 0.6) is 0 Å². The van der Waals surface area contributed by atoms with Gasteiger partial charge in [0.25, 0.3) is 5.69 Å². The number of benzene rings is 1. The van der Waals surface area contributed by atoms with Gasteiger partial charge in [0.05, 0.1) is 4.92 Å². The van der Waals surface area contributed by atoms with E-state index in [0.29, 0.717) is 18.3 Å². The van der Waals surface area contributed by atoms with Crippen LogP contribution < -0.4 is 5.73 Å². The Bertz CT molecular complexity index is 502. The average Bonchev–Trinajstić information content (AvgIpc) is 2.91. The van der Waals surface area contributed by atoms with Crippen molar-refractivity contribution in [2.24, 2.45) is 0 Å². The molecule has 1 saturated heterocycles. The zero-order chi connectivity index (χ0) is 15.4. The molecule has 6 heteroatoms. The SMILES string of the molecule is CCN(CC)C1CCN(Cc2cccc([N+](=O)[O-])c2N)C1. The normalized spacial score (nSPS) is 19.3. The molecule has 0 amide bonds. The molecule has 0 saturated carbocycles. The third-order valence-corrected chi connectivity index (χ3v) is 4.34. The molecule has 116 valence electrons. The third-order valence-electron chi connectivity index (χ3n) is 4.34. The van der Waals surface area contributed by atoms with Gasteiger partial charge in [0, 0.05) is 31.7 Å². The summed E-state index contributed by atoms with van der Waals surface area (Å²) in [6.45, 7) is 9.20. The molecular weight excluding hydrogens is 268 g/mol. The number of likely N-dealkylation sites (tertiary alicyclic amines) is 1. The molecule has 1 fully saturated rings. The lowest BCUT2D eigenvalue weighted by Crippen LogP contribution is -2.37. The van der Waals surface area contributed by atoms with Gasteiger partial charge in [0.15, 0.2) is 0 Å². The van der Waals surface area contributed by atoms with Gasteiger partial charge in [-0.25, -0.2) is 0 Å².